The van der Waals surface area contributed by atoms with Crippen molar-refractivity contribution in [2.75, 3.05) is 33.4 Å². The topological polar surface area (TPSA) is 76.1 Å². The van der Waals surface area contributed by atoms with Crippen LogP contribution in [0.4, 0.5) is 4.39 Å². The number of aliphatic carboxylic acids is 1. The summed E-state index contributed by atoms with van der Waals surface area (Å²) in [5.74, 6) is -2.07. The van der Waals surface area contributed by atoms with E-state index in [9.17, 15) is 19.1 Å². The molecule has 0 aliphatic carbocycles. The van der Waals surface area contributed by atoms with Crippen molar-refractivity contribution in [3.8, 4) is 0 Å². The molecule has 138 valence electrons. The number of nitrogens with zero attached hydrogens (tertiary/aromatic N) is 1. The first-order chi connectivity index (χ1) is 11.9. The minimum absolute atomic E-state index is 0.0461. The van der Waals surface area contributed by atoms with E-state index in [1.165, 1.54) is 23.1 Å². The van der Waals surface area contributed by atoms with E-state index in [2.05, 4.69) is 0 Å². The molecule has 7 heteroatoms. The van der Waals surface area contributed by atoms with Crippen LogP contribution in [0.15, 0.2) is 18.2 Å². The number of carbonyl (C=O) groups excluding carboxylic acids is 1. The number of carboxylic acids is 1. The summed E-state index contributed by atoms with van der Waals surface area (Å²) in [4.78, 5) is 25.5. The molecule has 25 heavy (non-hydrogen) atoms. The summed E-state index contributed by atoms with van der Waals surface area (Å²) in [6.07, 6.45) is 0.557. The number of ether oxygens (including phenoxy) is 2. The molecule has 0 aromatic heterocycles. The van der Waals surface area contributed by atoms with Crippen LogP contribution in [0.25, 0.3) is 0 Å². The van der Waals surface area contributed by atoms with E-state index in [4.69, 9.17) is 9.47 Å². The lowest BCUT2D eigenvalue weighted by molar-refractivity contribution is -0.143. The molecule has 1 aromatic rings. The molecule has 1 aromatic carbocycles. The highest BCUT2D eigenvalue weighted by Crippen LogP contribution is 2.24. The van der Waals surface area contributed by atoms with Crippen molar-refractivity contribution < 1.29 is 28.6 Å². The fraction of sp³-hybridized carbons (Fsp3) is 0.556. The summed E-state index contributed by atoms with van der Waals surface area (Å²) in [5.41, 5.74) is 0.631. The van der Waals surface area contributed by atoms with Gasteiger partial charge in [0.05, 0.1) is 25.7 Å². The van der Waals surface area contributed by atoms with Crippen LogP contribution < -0.4 is 0 Å². The largest absolute Gasteiger partial charge is 0.481 e. The molecule has 0 bridgehead atoms. The second-order valence-corrected chi connectivity index (χ2v) is 6.44. The Labute approximate surface area is 146 Å². The van der Waals surface area contributed by atoms with Crippen LogP contribution in [0.5, 0.6) is 0 Å². The van der Waals surface area contributed by atoms with E-state index in [1.54, 1.807) is 7.11 Å². The molecule has 6 nitrogen and oxygen atoms in total. The van der Waals surface area contributed by atoms with Gasteiger partial charge in [-0.25, -0.2) is 4.39 Å². The highest BCUT2D eigenvalue weighted by Gasteiger charge is 2.32. The molecular weight excluding hydrogens is 329 g/mol. The lowest BCUT2D eigenvalue weighted by atomic mass is 9.90. The Kier molecular flexibility index (Phi) is 6.90. The number of amides is 1. The molecule has 1 fully saturated rings. The summed E-state index contributed by atoms with van der Waals surface area (Å²) in [7, 11) is 1.55. The minimum Gasteiger partial charge on any atom is -0.481 e. The zero-order valence-electron chi connectivity index (χ0n) is 14.5. The van der Waals surface area contributed by atoms with E-state index in [1.807, 2.05) is 6.92 Å². The van der Waals surface area contributed by atoms with Gasteiger partial charge in [0, 0.05) is 31.3 Å². The molecule has 1 saturated heterocycles. The standard InChI is InChI=1S/C18H24FNO5/c1-12-7-14(18(22)23)10-20(9-12)17(21)13-3-4-16(19)15(8-13)11-25-6-5-24-2/h3-4,8,12,14H,5-7,9-11H2,1-2H3,(H,22,23). The van der Waals surface area contributed by atoms with Crippen molar-refractivity contribution in [2.24, 2.45) is 11.8 Å². The predicted octanol–water partition coefficient (Wildman–Crippen LogP) is 2.17. The predicted molar refractivity (Wildman–Crippen MR) is 88.7 cm³/mol. The Morgan fingerprint density at radius 1 is 1.32 bits per heavy atom. The SMILES string of the molecule is COCCOCc1cc(C(=O)N2CC(C)CC(C(=O)O)C2)ccc1F. The average Bonchev–Trinajstić information content (AvgIpc) is 2.59. The number of hydrogen-bond acceptors (Lipinski definition) is 4. The fourth-order valence-corrected chi connectivity index (χ4v) is 3.02. The van der Waals surface area contributed by atoms with Crippen molar-refractivity contribution in [1.29, 1.82) is 0 Å². The number of rotatable bonds is 7. The van der Waals surface area contributed by atoms with Gasteiger partial charge in [0.25, 0.3) is 5.91 Å². The Hall–Kier alpha value is -1.99. The maximum absolute atomic E-state index is 13.9. The first kappa shape index (κ1) is 19.3. The van der Waals surface area contributed by atoms with Crippen LogP contribution in [-0.2, 0) is 20.9 Å². The second-order valence-electron chi connectivity index (χ2n) is 6.44. The lowest BCUT2D eigenvalue weighted by Crippen LogP contribution is -2.45. The molecule has 1 aliphatic heterocycles. The van der Waals surface area contributed by atoms with Crippen LogP contribution >= 0.6 is 0 Å². The van der Waals surface area contributed by atoms with E-state index in [-0.39, 0.29) is 25.0 Å². The molecule has 2 atom stereocenters. The minimum atomic E-state index is -0.893. The number of hydrogen-bond donors (Lipinski definition) is 1. The third-order valence-electron chi connectivity index (χ3n) is 4.28. The molecule has 1 N–H and O–H groups in total. The third-order valence-corrected chi connectivity index (χ3v) is 4.28. The third kappa shape index (κ3) is 5.24. The Bertz CT molecular complexity index is 621. The summed E-state index contributed by atoms with van der Waals surface area (Å²) in [5, 5.41) is 9.23. The van der Waals surface area contributed by atoms with Gasteiger partial charge in [0.2, 0.25) is 0 Å². The first-order valence-electron chi connectivity index (χ1n) is 8.29. The normalized spacial score (nSPS) is 20.5. The molecule has 2 unspecified atom stereocenters. The molecule has 1 amide bonds. The molecule has 1 aliphatic rings. The molecule has 2 rings (SSSR count). The van der Waals surface area contributed by atoms with Crippen molar-refractivity contribution in [1.82, 2.24) is 4.90 Å². The van der Waals surface area contributed by atoms with Crippen LogP contribution in [0, 0.1) is 17.7 Å². The Morgan fingerprint density at radius 3 is 2.76 bits per heavy atom. The van der Waals surface area contributed by atoms with Gasteiger partial charge in [-0.05, 0) is 30.5 Å². The number of piperidine rings is 1. The quantitative estimate of drug-likeness (QED) is 0.761. The van der Waals surface area contributed by atoms with Gasteiger partial charge in [-0.2, -0.15) is 0 Å². The van der Waals surface area contributed by atoms with Crippen molar-refractivity contribution in [2.45, 2.75) is 20.0 Å². The zero-order valence-corrected chi connectivity index (χ0v) is 14.5. The fourth-order valence-electron chi connectivity index (χ4n) is 3.02. The van der Waals surface area contributed by atoms with E-state index >= 15 is 0 Å². The van der Waals surface area contributed by atoms with Crippen LogP contribution in [0.1, 0.15) is 29.3 Å². The highest BCUT2D eigenvalue weighted by atomic mass is 19.1. The maximum Gasteiger partial charge on any atom is 0.308 e. The number of benzene rings is 1. The summed E-state index contributed by atoms with van der Waals surface area (Å²) >= 11 is 0. The lowest BCUT2D eigenvalue weighted by Gasteiger charge is -2.34. The van der Waals surface area contributed by atoms with Gasteiger partial charge < -0.3 is 19.5 Å². The number of halogens is 1. The maximum atomic E-state index is 13.9. The van der Waals surface area contributed by atoms with Crippen LogP contribution in [0.2, 0.25) is 0 Å². The molecule has 1 heterocycles. The number of methoxy groups -OCH3 is 1. The van der Waals surface area contributed by atoms with Crippen molar-refractivity contribution >= 4 is 11.9 Å². The molecule has 0 radical (unpaired) electrons. The number of carbonyl (C=O) groups is 2. The summed E-state index contributed by atoms with van der Waals surface area (Å²) < 4.78 is 24.1. The van der Waals surface area contributed by atoms with Crippen LogP contribution in [0.3, 0.4) is 0 Å². The first-order valence-corrected chi connectivity index (χ1v) is 8.29. The zero-order chi connectivity index (χ0) is 18.4. The second kappa shape index (κ2) is 8.92. The molecule has 0 spiro atoms. The Balaban J connectivity index is 2.09. The van der Waals surface area contributed by atoms with Gasteiger partial charge in [-0.1, -0.05) is 6.92 Å². The summed E-state index contributed by atoms with van der Waals surface area (Å²) in [6.45, 7) is 3.38. The van der Waals surface area contributed by atoms with Crippen molar-refractivity contribution in [3.63, 3.8) is 0 Å². The van der Waals surface area contributed by atoms with E-state index in [0.717, 1.165) is 0 Å². The van der Waals surface area contributed by atoms with Gasteiger partial charge in [-0.15, -0.1) is 0 Å². The smallest absolute Gasteiger partial charge is 0.308 e. The highest BCUT2D eigenvalue weighted by molar-refractivity contribution is 5.94. The number of likely N-dealkylation sites (tertiary alicyclic amines) is 1. The van der Waals surface area contributed by atoms with Gasteiger partial charge in [0.15, 0.2) is 0 Å². The summed E-state index contributed by atoms with van der Waals surface area (Å²) in [6, 6.07) is 4.13. The monoisotopic (exact) mass is 353 g/mol. The van der Waals surface area contributed by atoms with E-state index < -0.39 is 17.7 Å². The van der Waals surface area contributed by atoms with Gasteiger partial charge in [-0.3, -0.25) is 9.59 Å². The average molecular weight is 353 g/mol. The molecule has 0 saturated carbocycles. The number of carboxylic acid groups (broad SMARTS) is 1. The van der Waals surface area contributed by atoms with Gasteiger partial charge in [0.1, 0.15) is 5.82 Å². The Morgan fingerprint density at radius 2 is 2.08 bits per heavy atom. The van der Waals surface area contributed by atoms with E-state index in [0.29, 0.717) is 37.3 Å². The van der Waals surface area contributed by atoms with Crippen molar-refractivity contribution in [3.05, 3.63) is 35.1 Å². The van der Waals surface area contributed by atoms with Gasteiger partial charge >= 0.3 is 5.97 Å². The van der Waals surface area contributed by atoms with Crippen LogP contribution in [-0.4, -0.2) is 55.3 Å². The molecular formula is C18H24FNO5.